The minimum atomic E-state index is -0.546. The van der Waals surface area contributed by atoms with Crippen molar-refractivity contribution in [2.45, 2.75) is 12.8 Å². The number of nitrogens with one attached hydrogen (secondary N) is 1. The molecule has 0 atom stereocenters. The molecule has 2 aromatic carbocycles. The van der Waals surface area contributed by atoms with Gasteiger partial charge >= 0.3 is 0 Å². The summed E-state index contributed by atoms with van der Waals surface area (Å²) >= 11 is 6.88. The molecule has 0 spiro atoms. The van der Waals surface area contributed by atoms with Crippen LogP contribution in [0.4, 0.5) is 10.5 Å². The molecule has 34 heavy (non-hydrogen) atoms. The minimum absolute atomic E-state index is 0.153. The van der Waals surface area contributed by atoms with E-state index in [2.05, 4.69) is 5.32 Å². The van der Waals surface area contributed by atoms with E-state index in [-0.39, 0.29) is 29.9 Å². The number of para-hydroxylation sites is 1. The Labute approximate surface area is 205 Å². The number of benzene rings is 2. The Morgan fingerprint density at radius 3 is 2.56 bits per heavy atom. The highest BCUT2D eigenvalue weighted by Crippen LogP contribution is 2.35. The van der Waals surface area contributed by atoms with Crippen molar-refractivity contribution >= 4 is 58.1 Å². The van der Waals surface area contributed by atoms with Crippen molar-refractivity contribution in [3.8, 4) is 5.75 Å². The summed E-state index contributed by atoms with van der Waals surface area (Å²) in [6.45, 7) is 0.752. The molecule has 2 aliphatic heterocycles. The maximum Gasteiger partial charge on any atom is 0.294 e. The lowest BCUT2D eigenvalue weighted by Gasteiger charge is -2.18. The molecule has 0 radical (unpaired) electrons. The Kier molecular flexibility index (Phi) is 7.54. The third-order valence-corrected chi connectivity index (χ3v) is 6.44. The second-order valence-corrected chi connectivity index (χ2v) is 9.17. The standard InChI is InChI=1S/C24H22ClN3O5S/c25-17-8-9-19(33-15-21(29)26-18-6-2-1-3-7-18)16(12-17)13-20-23(31)28(24(32)34-20)14-22(30)27-10-4-5-11-27/h1-3,6-9,12-13H,4-5,10-11,14-15H2,(H,26,29)/b20-13-. The first-order chi connectivity index (χ1) is 16.4. The van der Waals surface area contributed by atoms with Crippen LogP contribution in [-0.2, 0) is 14.4 Å². The van der Waals surface area contributed by atoms with E-state index >= 15 is 0 Å². The van der Waals surface area contributed by atoms with Crippen molar-refractivity contribution in [3.63, 3.8) is 0 Å². The first-order valence-corrected chi connectivity index (χ1v) is 11.9. The van der Waals surface area contributed by atoms with Crippen molar-refractivity contribution in [3.05, 3.63) is 64.0 Å². The average molecular weight is 500 g/mol. The van der Waals surface area contributed by atoms with Crippen LogP contribution >= 0.6 is 23.4 Å². The predicted octanol–water partition coefficient (Wildman–Crippen LogP) is 4.02. The van der Waals surface area contributed by atoms with Gasteiger partial charge in [0.05, 0.1) is 4.91 Å². The van der Waals surface area contributed by atoms with Crippen LogP contribution < -0.4 is 10.1 Å². The fourth-order valence-corrected chi connectivity index (χ4v) is 4.61. The number of imide groups is 1. The van der Waals surface area contributed by atoms with Crippen molar-refractivity contribution in [2.75, 3.05) is 31.6 Å². The number of nitrogens with zero attached hydrogens (tertiary/aromatic N) is 2. The van der Waals surface area contributed by atoms with Crippen molar-refractivity contribution < 1.29 is 23.9 Å². The van der Waals surface area contributed by atoms with Crippen LogP contribution in [0.25, 0.3) is 6.08 Å². The van der Waals surface area contributed by atoms with Crippen LogP contribution in [0, 0.1) is 0 Å². The molecule has 1 N–H and O–H groups in total. The zero-order valence-electron chi connectivity index (χ0n) is 18.2. The van der Waals surface area contributed by atoms with E-state index in [9.17, 15) is 19.2 Å². The maximum atomic E-state index is 12.8. The number of thioether (sulfide) groups is 1. The van der Waals surface area contributed by atoms with Crippen LogP contribution in [0.1, 0.15) is 18.4 Å². The molecule has 4 rings (SSSR count). The fraction of sp³-hybridized carbons (Fsp3) is 0.250. The number of amides is 4. The highest BCUT2D eigenvalue weighted by atomic mass is 35.5. The van der Waals surface area contributed by atoms with Gasteiger partial charge in [0.15, 0.2) is 6.61 Å². The van der Waals surface area contributed by atoms with E-state index < -0.39 is 11.1 Å². The van der Waals surface area contributed by atoms with Gasteiger partial charge in [0.2, 0.25) is 5.91 Å². The Balaban J connectivity index is 1.45. The van der Waals surface area contributed by atoms with E-state index in [1.807, 2.05) is 6.07 Å². The molecule has 176 valence electrons. The largest absolute Gasteiger partial charge is 0.483 e. The first kappa shape index (κ1) is 23.8. The fourth-order valence-electron chi connectivity index (χ4n) is 3.60. The summed E-state index contributed by atoms with van der Waals surface area (Å²) in [5, 5.41) is 2.62. The number of anilines is 1. The summed E-state index contributed by atoms with van der Waals surface area (Å²) in [4.78, 5) is 52.7. The third-order valence-electron chi connectivity index (χ3n) is 5.30. The summed E-state index contributed by atoms with van der Waals surface area (Å²) in [7, 11) is 0. The predicted molar refractivity (Wildman–Crippen MR) is 131 cm³/mol. The van der Waals surface area contributed by atoms with Crippen LogP contribution in [0.5, 0.6) is 5.75 Å². The number of likely N-dealkylation sites (tertiary alicyclic amines) is 1. The van der Waals surface area contributed by atoms with Crippen LogP contribution in [0.2, 0.25) is 5.02 Å². The van der Waals surface area contributed by atoms with Gasteiger partial charge in [-0.3, -0.25) is 24.1 Å². The summed E-state index contributed by atoms with van der Waals surface area (Å²) in [6.07, 6.45) is 3.34. The van der Waals surface area contributed by atoms with E-state index in [4.69, 9.17) is 16.3 Å². The number of rotatable bonds is 7. The van der Waals surface area contributed by atoms with Crippen molar-refractivity contribution in [1.82, 2.24) is 9.80 Å². The number of hydrogen-bond donors (Lipinski definition) is 1. The molecule has 8 nitrogen and oxygen atoms in total. The molecule has 0 bridgehead atoms. The van der Waals surface area contributed by atoms with Crippen LogP contribution in [-0.4, -0.2) is 59.0 Å². The van der Waals surface area contributed by atoms with Gasteiger partial charge in [-0.1, -0.05) is 29.8 Å². The lowest BCUT2D eigenvalue weighted by molar-refractivity contribution is -0.135. The molecule has 4 amide bonds. The molecule has 10 heteroatoms. The SMILES string of the molecule is O=C(COc1ccc(Cl)cc1/C=C1\SC(=O)N(CC(=O)N2CCCC2)C1=O)Nc1ccccc1. The Morgan fingerprint density at radius 1 is 1.09 bits per heavy atom. The normalized spacial score (nSPS) is 16.9. The molecular weight excluding hydrogens is 478 g/mol. The van der Waals surface area contributed by atoms with Crippen LogP contribution in [0.15, 0.2) is 53.4 Å². The molecule has 2 aliphatic rings. The van der Waals surface area contributed by atoms with Gasteiger partial charge < -0.3 is 15.0 Å². The lowest BCUT2D eigenvalue weighted by Crippen LogP contribution is -2.40. The highest BCUT2D eigenvalue weighted by Gasteiger charge is 2.37. The van der Waals surface area contributed by atoms with Gasteiger partial charge in [-0.05, 0) is 61.0 Å². The first-order valence-electron chi connectivity index (χ1n) is 10.7. The lowest BCUT2D eigenvalue weighted by atomic mass is 10.2. The molecule has 0 unspecified atom stereocenters. The number of ether oxygens (including phenoxy) is 1. The highest BCUT2D eigenvalue weighted by molar-refractivity contribution is 8.18. The average Bonchev–Trinajstić information content (AvgIpc) is 3.44. The topological polar surface area (TPSA) is 96.0 Å². The third kappa shape index (κ3) is 5.78. The number of halogens is 1. The number of carbonyl (C=O) groups excluding carboxylic acids is 4. The van der Waals surface area contributed by atoms with E-state index in [1.54, 1.807) is 47.4 Å². The van der Waals surface area contributed by atoms with Gasteiger partial charge in [-0.25, -0.2) is 0 Å². The molecule has 0 aromatic heterocycles. The second-order valence-electron chi connectivity index (χ2n) is 7.74. The van der Waals surface area contributed by atoms with E-state index in [1.165, 1.54) is 6.08 Å². The maximum absolute atomic E-state index is 12.8. The van der Waals surface area contributed by atoms with Gasteiger partial charge in [0.25, 0.3) is 17.1 Å². The summed E-state index contributed by atoms with van der Waals surface area (Å²) in [6, 6.07) is 13.7. The molecule has 0 saturated carbocycles. The summed E-state index contributed by atoms with van der Waals surface area (Å²) in [5.41, 5.74) is 1.08. The second kappa shape index (κ2) is 10.8. The smallest absolute Gasteiger partial charge is 0.294 e. The molecular formula is C24H22ClN3O5S. The van der Waals surface area contributed by atoms with E-state index in [0.29, 0.717) is 35.1 Å². The molecule has 0 aliphatic carbocycles. The van der Waals surface area contributed by atoms with Gasteiger partial charge in [0.1, 0.15) is 12.3 Å². The Hall–Kier alpha value is -3.30. The zero-order chi connectivity index (χ0) is 24.1. The van der Waals surface area contributed by atoms with Gasteiger partial charge in [0, 0.05) is 29.4 Å². The van der Waals surface area contributed by atoms with E-state index in [0.717, 1.165) is 29.5 Å². The zero-order valence-corrected chi connectivity index (χ0v) is 19.7. The minimum Gasteiger partial charge on any atom is -0.483 e. The number of carbonyl (C=O) groups is 4. The molecule has 2 fully saturated rings. The van der Waals surface area contributed by atoms with Crippen LogP contribution in [0.3, 0.4) is 0 Å². The van der Waals surface area contributed by atoms with Crippen molar-refractivity contribution in [2.24, 2.45) is 0 Å². The van der Waals surface area contributed by atoms with Gasteiger partial charge in [-0.2, -0.15) is 0 Å². The summed E-state index contributed by atoms with van der Waals surface area (Å²) in [5.74, 6) is -0.812. The molecule has 2 saturated heterocycles. The van der Waals surface area contributed by atoms with Crippen molar-refractivity contribution in [1.29, 1.82) is 0 Å². The molecule has 2 heterocycles. The summed E-state index contributed by atoms with van der Waals surface area (Å²) < 4.78 is 5.66. The quantitative estimate of drug-likeness (QED) is 0.578. The number of hydrogen-bond acceptors (Lipinski definition) is 6. The van der Waals surface area contributed by atoms with Gasteiger partial charge in [-0.15, -0.1) is 0 Å². The Bertz CT molecular complexity index is 1150. The Morgan fingerprint density at radius 2 is 1.82 bits per heavy atom. The monoisotopic (exact) mass is 499 g/mol. The molecule has 2 aromatic rings.